The van der Waals surface area contributed by atoms with Gasteiger partial charge in [0.05, 0.1) is 0 Å². The summed E-state index contributed by atoms with van der Waals surface area (Å²) >= 11 is 5.93. The SMILES string of the molecule is O=C1CCc2cc(NCc3cc(Cl)ccc3O)ccc2N1. The molecule has 0 unspecified atom stereocenters. The van der Waals surface area contributed by atoms with Gasteiger partial charge in [0.25, 0.3) is 0 Å². The molecular formula is C16H15ClN2O2. The van der Waals surface area contributed by atoms with Crippen LogP contribution in [0.25, 0.3) is 0 Å². The number of rotatable bonds is 3. The number of anilines is 2. The first-order chi connectivity index (χ1) is 10.1. The number of carbonyl (C=O) groups is 1. The van der Waals surface area contributed by atoms with Crippen molar-refractivity contribution in [2.45, 2.75) is 19.4 Å². The van der Waals surface area contributed by atoms with Crippen LogP contribution in [0.15, 0.2) is 36.4 Å². The van der Waals surface area contributed by atoms with Gasteiger partial charge < -0.3 is 15.7 Å². The molecule has 2 aromatic rings. The summed E-state index contributed by atoms with van der Waals surface area (Å²) in [4.78, 5) is 11.3. The number of fused-ring (bicyclic) bond motifs is 1. The predicted molar refractivity (Wildman–Crippen MR) is 83.8 cm³/mol. The summed E-state index contributed by atoms with van der Waals surface area (Å²) < 4.78 is 0. The fourth-order valence-electron chi connectivity index (χ4n) is 2.39. The molecule has 3 N–H and O–H groups in total. The van der Waals surface area contributed by atoms with Crippen LogP contribution in [-0.2, 0) is 17.8 Å². The smallest absolute Gasteiger partial charge is 0.224 e. The van der Waals surface area contributed by atoms with Crippen molar-refractivity contribution in [3.05, 3.63) is 52.5 Å². The lowest BCUT2D eigenvalue weighted by molar-refractivity contribution is -0.116. The first-order valence-electron chi connectivity index (χ1n) is 6.76. The van der Waals surface area contributed by atoms with E-state index in [0.29, 0.717) is 18.0 Å². The number of aromatic hydroxyl groups is 1. The summed E-state index contributed by atoms with van der Waals surface area (Å²) in [7, 11) is 0. The second-order valence-electron chi connectivity index (χ2n) is 5.05. The normalized spacial score (nSPS) is 13.5. The van der Waals surface area contributed by atoms with Gasteiger partial charge in [0.2, 0.25) is 5.91 Å². The summed E-state index contributed by atoms with van der Waals surface area (Å²) in [6, 6.07) is 10.8. The van der Waals surface area contributed by atoms with Gasteiger partial charge in [0.1, 0.15) is 5.75 Å². The van der Waals surface area contributed by atoms with Gasteiger partial charge in [0, 0.05) is 34.9 Å². The molecule has 0 atom stereocenters. The highest BCUT2D eigenvalue weighted by Gasteiger charge is 2.14. The largest absolute Gasteiger partial charge is 0.508 e. The number of nitrogens with one attached hydrogen (secondary N) is 2. The summed E-state index contributed by atoms with van der Waals surface area (Å²) in [5.74, 6) is 0.282. The van der Waals surface area contributed by atoms with Crippen molar-refractivity contribution in [3.8, 4) is 5.75 Å². The fourth-order valence-corrected chi connectivity index (χ4v) is 2.58. The first kappa shape index (κ1) is 13.8. The summed E-state index contributed by atoms with van der Waals surface area (Å²) in [6.07, 6.45) is 1.27. The molecule has 0 saturated carbocycles. The first-order valence-corrected chi connectivity index (χ1v) is 7.13. The molecule has 5 heteroatoms. The Labute approximate surface area is 127 Å². The van der Waals surface area contributed by atoms with E-state index in [9.17, 15) is 9.90 Å². The maximum Gasteiger partial charge on any atom is 0.224 e. The molecule has 1 amide bonds. The van der Waals surface area contributed by atoms with Crippen LogP contribution in [0.5, 0.6) is 5.75 Å². The average molecular weight is 303 g/mol. The molecule has 4 nitrogen and oxygen atoms in total. The quantitative estimate of drug-likeness (QED) is 0.812. The van der Waals surface area contributed by atoms with Crippen molar-refractivity contribution in [1.29, 1.82) is 0 Å². The third-order valence-electron chi connectivity index (χ3n) is 3.53. The molecule has 21 heavy (non-hydrogen) atoms. The molecule has 0 aromatic heterocycles. The van der Waals surface area contributed by atoms with E-state index in [2.05, 4.69) is 10.6 Å². The maximum absolute atomic E-state index is 11.3. The highest BCUT2D eigenvalue weighted by Crippen LogP contribution is 2.27. The number of phenols is 1. The minimum Gasteiger partial charge on any atom is -0.508 e. The molecule has 108 valence electrons. The summed E-state index contributed by atoms with van der Waals surface area (Å²) in [5, 5.41) is 16.5. The van der Waals surface area contributed by atoms with E-state index in [-0.39, 0.29) is 11.7 Å². The van der Waals surface area contributed by atoms with Crippen LogP contribution in [0.3, 0.4) is 0 Å². The molecule has 0 fully saturated rings. The van der Waals surface area contributed by atoms with Crippen molar-refractivity contribution in [2.75, 3.05) is 10.6 Å². The molecule has 2 aromatic carbocycles. The number of phenolic OH excluding ortho intramolecular Hbond substituents is 1. The van der Waals surface area contributed by atoms with E-state index in [1.807, 2.05) is 18.2 Å². The monoisotopic (exact) mass is 302 g/mol. The predicted octanol–water partition coefficient (Wildman–Crippen LogP) is 3.54. The third-order valence-corrected chi connectivity index (χ3v) is 3.76. The van der Waals surface area contributed by atoms with Crippen LogP contribution >= 0.6 is 11.6 Å². The van der Waals surface area contributed by atoms with Crippen molar-refractivity contribution in [3.63, 3.8) is 0 Å². The number of amides is 1. The van der Waals surface area contributed by atoms with Crippen molar-refractivity contribution < 1.29 is 9.90 Å². The molecule has 1 heterocycles. The number of aryl methyl sites for hydroxylation is 1. The number of benzene rings is 2. The number of halogens is 1. The Kier molecular flexibility index (Phi) is 3.71. The molecule has 1 aliphatic heterocycles. The zero-order valence-electron chi connectivity index (χ0n) is 11.3. The lowest BCUT2D eigenvalue weighted by Crippen LogP contribution is -2.18. The molecule has 0 radical (unpaired) electrons. The Morgan fingerprint density at radius 2 is 2.05 bits per heavy atom. The maximum atomic E-state index is 11.3. The summed E-state index contributed by atoms with van der Waals surface area (Å²) in [5.41, 5.74) is 3.69. The average Bonchev–Trinajstić information content (AvgIpc) is 2.48. The Hall–Kier alpha value is -2.20. The van der Waals surface area contributed by atoms with Crippen molar-refractivity contribution in [1.82, 2.24) is 0 Å². The second-order valence-corrected chi connectivity index (χ2v) is 5.48. The van der Waals surface area contributed by atoms with Gasteiger partial charge >= 0.3 is 0 Å². The van der Waals surface area contributed by atoms with E-state index < -0.39 is 0 Å². The molecule has 3 rings (SSSR count). The van der Waals surface area contributed by atoms with E-state index in [1.165, 1.54) is 0 Å². The molecule has 0 saturated heterocycles. The van der Waals surface area contributed by atoms with E-state index in [1.54, 1.807) is 18.2 Å². The van der Waals surface area contributed by atoms with Gasteiger partial charge in [0.15, 0.2) is 0 Å². The Bertz CT molecular complexity index is 701. The number of hydrogen-bond acceptors (Lipinski definition) is 3. The number of hydrogen-bond donors (Lipinski definition) is 3. The van der Waals surface area contributed by atoms with Gasteiger partial charge in [-0.2, -0.15) is 0 Å². The van der Waals surface area contributed by atoms with Crippen LogP contribution in [0.2, 0.25) is 5.02 Å². The fraction of sp³-hybridized carbons (Fsp3) is 0.188. The lowest BCUT2D eigenvalue weighted by atomic mass is 10.0. The minimum absolute atomic E-state index is 0.0621. The van der Waals surface area contributed by atoms with Crippen molar-refractivity contribution in [2.24, 2.45) is 0 Å². The Balaban J connectivity index is 1.74. The third kappa shape index (κ3) is 3.11. The number of carbonyl (C=O) groups excluding carboxylic acids is 1. The second kappa shape index (κ2) is 5.66. The Morgan fingerprint density at radius 3 is 2.90 bits per heavy atom. The van der Waals surface area contributed by atoms with Crippen LogP contribution in [0, 0.1) is 0 Å². The molecular weight excluding hydrogens is 288 g/mol. The molecule has 0 spiro atoms. The van der Waals surface area contributed by atoms with E-state index >= 15 is 0 Å². The zero-order valence-corrected chi connectivity index (χ0v) is 12.1. The highest BCUT2D eigenvalue weighted by atomic mass is 35.5. The van der Waals surface area contributed by atoms with Crippen LogP contribution in [0.4, 0.5) is 11.4 Å². The van der Waals surface area contributed by atoms with Crippen LogP contribution in [-0.4, -0.2) is 11.0 Å². The Morgan fingerprint density at radius 1 is 1.19 bits per heavy atom. The van der Waals surface area contributed by atoms with Gasteiger partial charge in [-0.1, -0.05) is 11.6 Å². The van der Waals surface area contributed by atoms with Gasteiger partial charge in [-0.05, 0) is 48.4 Å². The van der Waals surface area contributed by atoms with Crippen LogP contribution < -0.4 is 10.6 Å². The van der Waals surface area contributed by atoms with Gasteiger partial charge in [-0.25, -0.2) is 0 Å². The molecule has 1 aliphatic rings. The van der Waals surface area contributed by atoms with Crippen molar-refractivity contribution >= 4 is 28.9 Å². The molecule has 0 aliphatic carbocycles. The van der Waals surface area contributed by atoms with Gasteiger partial charge in [-0.15, -0.1) is 0 Å². The lowest BCUT2D eigenvalue weighted by Gasteiger charge is -2.18. The minimum atomic E-state index is 0.0621. The van der Waals surface area contributed by atoms with E-state index in [0.717, 1.165) is 28.9 Å². The summed E-state index contributed by atoms with van der Waals surface area (Å²) in [6.45, 7) is 0.484. The standard InChI is InChI=1S/C16H15ClN2O2/c17-12-2-5-15(20)11(7-12)9-18-13-3-4-14-10(8-13)1-6-16(21)19-14/h2-5,7-8,18,20H,1,6,9H2,(H,19,21). The van der Waals surface area contributed by atoms with E-state index in [4.69, 9.17) is 11.6 Å². The molecule has 0 bridgehead atoms. The topological polar surface area (TPSA) is 61.4 Å². The van der Waals surface area contributed by atoms with Gasteiger partial charge in [-0.3, -0.25) is 4.79 Å². The zero-order chi connectivity index (χ0) is 14.8. The highest BCUT2D eigenvalue weighted by molar-refractivity contribution is 6.30. The van der Waals surface area contributed by atoms with Crippen LogP contribution in [0.1, 0.15) is 17.5 Å².